The monoisotopic (exact) mass is 362 g/mol. The molecule has 144 valence electrons. The molecule has 0 aromatic carbocycles. The fourth-order valence-corrected chi connectivity index (χ4v) is 2.70. The molecule has 0 saturated carbocycles. The van der Waals surface area contributed by atoms with Crippen LogP contribution in [0.4, 0.5) is 0 Å². The third-order valence-electron chi connectivity index (χ3n) is 4.27. The van der Waals surface area contributed by atoms with Gasteiger partial charge < -0.3 is 0 Å². The first-order valence-electron chi connectivity index (χ1n) is 9.58. The Labute approximate surface area is 155 Å². The summed E-state index contributed by atoms with van der Waals surface area (Å²) in [5.74, 6) is -0.661. The molecule has 26 heavy (non-hydrogen) atoms. The smallest absolute Gasteiger partial charge is 0.253 e. The molecule has 0 unspecified atom stereocenters. The van der Waals surface area contributed by atoms with Gasteiger partial charge in [-0.25, -0.2) is 0 Å². The van der Waals surface area contributed by atoms with Crippen molar-refractivity contribution in [1.29, 1.82) is 0 Å². The van der Waals surface area contributed by atoms with Crippen molar-refractivity contribution in [2.24, 2.45) is 0 Å². The average Bonchev–Trinajstić information content (AvgIpc) is 3.12. The van der Waals surface area contributed by atoms with Crippen molar-refractivity contribution in [3.8, 4) is 0 Å². The first kappa shape index (κ1) is 21.8. The van der Waals surface area contributed by atoms with Crippen LogP contribution in [-0.2, 0) is 19.2 Å². The number of carbonyl (C=O) groups excluding carboxylic acids is 4. The van der Waals surface area contributed by atoms with Gasteiger partial charge in [0.05, 0.1) is 0 Å². The first-order chi connectivity index (χ1) is 12.5. The number of amides is 4. The van der Waals surface area contributed by atoms with Gasteiger partial charge in [0.1, 0.15) is 0 Å². The van der Waals surface area contributed by atoms with Crippen molar-refractivity contribution in [2.75, 3.05) is 13.1 Å². The molecule has 4 amide bonds. The molecule has 0 aromatic rings. The van der Waals surface area contributed by atoms with Crippen molar-refractivity contribution >= 4 is 23.6 Å². The van der Waals surface area contributed by atoms with E-state index in [0.717, 1.165) is 25.7 Å². The summed E-state index contributed by atoms with van der Waals surface area (Å²) in [7, 11) is 0. The van der Waals surface area contributed by atoms with Crippen LogP contribution in [0, 0.1) is 0 Å². The van der Waals surface area contributed by atoms with E-state index in [1.807, 2.05) is 0 Å². The fourth-order valence-electron chi connectivity index (χ4n) is 2.70. The second-order valence-electron chi connectivity index (χ2n) is 6.44. The summed E-state index contributed by atoms with van der Waals surface area (Å²) in [6.07, 6.45) is 14.0. The number of imide groups is 2. The van der Waals surface area contributed by atoms with Crippen LogP contribution in [0.3, 0.4) is 0 Å². The van der Waals surface area contributed by atoms with Gasteiger partial charge in [-0.15, -0.1) is 0 Å². The maximum absolute atomic E-state index is 11.1. The van der Waals surface area contributed by atoms with Crippen LogP contribution in [-0.4, -0.2) is 46.5 Å². The zero-order valence-electron chi connectivity index (χ0n) is 15.9. The van der Waals surface area contributed by atoms with Gasteiger partial charge in [0.2, 0.25) is 0 Å². The van der Waals surface area contributed by atoms with Gasteiger partial charge in [-0.1, -0.05) is 52.4 Å². The Morgan fingerprint density at radius 1 is 0.538 bits per heavy atom. The average molecular weight is 362 g/mol. The van der Waals surface area contributed by atoms with Crippen LogP contribution in [0.15, 0.2) is 24.3 Å². The minimum atomic E-state index is -0.165. The molecule has 0 aromatic heterocycles. The van der Waals surface area contributed by atoms with Gasteiger partial charge in [0, 0.05) is 37.4 Å². The zero-order valence-corrected chi connectivity index (χ0v) is 15.9. The number of carbonyl (C=O) groups is 4. The molecule has 6 heteroatoms. The molecule has 0 N–H and O–H groups in total. The Morgan fingerprint density at radius 2 is 0.846 bits per heavy atom. The molecule has 2 aliphatic heterocycles. The zero-order chi connectivity index (χ0) is 19.4. The van der Waals surface area contributed by atoms with Crippen LogP contribution in [0.25, 0.3) is 0 Å². The van der Waals surface area contributed by atoms with Crippen LogP contribution in [0.2, 0.25) is 0 Å². The summed E-state index contributed by atoms with van der Waals surface area (Å²) in [5.41, 5.74) is 0. The normalized spacial score (nSPS) is 15.9. The molecular weight excluding hydrogens is 332 g/mol. The number of rotatable bonds is 10. The highest BCUT2D eigenvalue weighted by molar-refractivity contribution is 6.13. The topological polar surface area (TPSA) is 74.8 Å². The Hall–Kier alpha value is -2.24. The molecule has 6 nitrogen and oxygen atoms in total. The van der Waals surface area contributed by atoms with Crippen molar-refractivity contribution in [1.82, 2.24) is 9.80 Å². The molecule has 2 aliphatic rings. The second kappa shape index (κ2) is 12.2. The van der Waals surface area contributed by atoms with Crippen LogP contribution < -0.4 is 0 Å². The van der Waals surface area contributed by atoms with E-state index in [4.69, 9.17) is 0 Å². The third kappa shape index (κ3) is 7.33. The van der Waals surface area contributed by atoms with E-state index >= 15 is 0 Å². The van der Waals surface area contributed by atoms with E-state index in [2.05, 4.69) is 13.8 Å². The van der Waals surface area contributed by atoms with E-state index in [1.165, 1.54) is 59.8 Å². The summed E-state index contributed by atoms with van der Waals surface area (Å²) in [6.45, 7) is 5.41. The van der Waals surface area contributed by atoms with Crippen LogP contribution >= 0.6 is 0 Å². The van der Waals surface area contributed by atoms with E-state index in [9.17, 15) is 19.2 Å². The number of hydrogen-bond donors (Lipinski definition) is 0. The number of unbranched alkanes of at least 4 members (excludes halogenated alkanes) is 6. The SMILES string of the molecule is CCCCCCN1C(=O)C=CC1=O.CCCCCCN1C(=O)C=CC1=O. The largest absolute Gasteiger partial charge is 0.275 e. The summed E-state index contributed by atoms with van der Waals surface area (Å²) in [5, 5.41) is 0. The van der Waals surface area contributed by atoms with E-state index < -0.39 is 0 Å². The van der Waals surface area contributed by atoms with Crippen molar-refractivity contribution in [3.63, 3.8) is 0 Å². The molecule has 0 atom stereocenters. The summed E-state index contributed by atoms with van der Waals surface area (Å²) < 4.78 is 0. The number of nitrogens with zero attached hydrogens (tertiary/aromatic N) is 2. The molecule has 0 fully saturated rings. The molecular formula is C20H30N2O4. The van der Waals surface area contributed by atoms with Gasteiger partial charge in [-0.05, 0) is 12.8 Å². The van der Waals surface area contributed by atoms with Crippen molar-refractivity contribution in [2.45, 2.75) is 65.2 Å². The minimum absolute atomic E-state index is 0.165. The summed E-state index contributed by atoms with van der Waals surface area (Å²) in [4.78, 5) is 46.9. The first-order valence-corrected chi connectivity index (χ1v) is 9.58. The second-order valence-corrected chi connectivity index (χ2v) is 6.44. The summed E-state index contributed by atoms with van der Waals surface area (Å²) in [6, 6.07) is 0. The van der Waals surface area contributed by atoms with E-state index in [-0.39, 0.29) is 23.6 Å². The van der Waals surface area contributed by atoms with Crippen molar-refractivity contribution in [3.05, 3.63) is 24.3 Å². The van der Waals surface area contributed by atoms with E-state index in [1.54, 1.807) is 0 Å². The quantitative estimate of drug-likeness (QED) is 0.442. The maximum Gasteiger partial charge on any atom is 0.253 e. The number of hydrogen-bond acceptors (Lipinski definition) is 4. The Balaban J connectivity index is 0.000000260. The van der Waals surface area contributed by atoms with Gasteiger partial charge >= 0.3 is 0 Å². The third-order valence-corrected chi connectivity index (χ3v) is 4.27. The highest BCUT2D eigenvalue weighted by Gasteiger charge is 2.22. The predicted molar refractivity (Wildman–Crippen MR) is 100 cm³/mol. The Bertz CT molecular complexity index is 480. The standard InChI is InChI=1S/2C10H15NO2/c2*1-2-3-4-5-8-11-9(12)6-7-10(11)13/h2*6-7H,2-5,8H2,1H3. The predicted octanol–water partition coefficient (Wildman–Crippen LogP) is 2.98. The lowest BCUT2D eigenvalue weighted by atomic mass is 10.2. The van der Waals surface area contributed by atoms with Gasteiger partial charge in [0.15, 0.2) is 0 Å². The van der Waals surface area contributed by atoms with Crippen LogP contribution in [0.5, 0.6) is 0 Å². The minimum Gasteiger partial charge on any atom is -0.275 e. The molecule has 2 heterocycles. The highest BCUT2D eigenvalue weighted by atomic mass is 16.2. The lowest BCUT2D eigenvalue weighted by Gasteiger charge is -2.12. The fraction of sp³-hybridized carbons (Fsp3) is 0.600. The molecule has 0 radical (unpaired) electrons. The highest BCUT2D eigenvalue weighted by Crippen LogP contribution is 2.08. The Kier molecular flexibility index (Phi) is 10.2. The lowest BCUT2D eigenvalue weighted by molar-refractivity contribution is -0.138. The molecule has 2 rings (SSSR count). The van der Waals surface area contributed by atoms with Crippen LogP contribution in [0.1, 0.15) is 65.2 Å². The van der Waals surface area contributed by atoms with Gasteiger partial charge in [-0.3, -0.25) is 29.0 Å². The Morgan fingerprint density at radius 3 is 1.12 bits per heavy atom. The molecule has 0 aliphatic carbocycles. The van der Waals surface area contributed by atoms with Gasteiger partial charge in [-0.2, -0.15) is 0 Å². The van der Waals surface area contributed by atoms with Crippen molar-refractivity contribution < 1.29 is 19.2 Å². The molecule has 0 saturated heterocycles. The summed E-state index contributed by atoms with van der Waals surface area (Å²) >= 11 is 0. The van der Waals surface area contributed by atoms with Gasteiger partial charge in [0.25, 0.3) is 23.6 Å². The molecule has 0 spiro atoms. The molecule has 0 bridgehead atoms. The maximum atomic E-state index is 11.1. The van der Waals surface area contributed by atoms with E-state index in [0.29, 0.717) is 13.1 Å². The lowest BCUT2D eigenvalue weighted by Crippen LogP contribution is -2.30.